The summed E-state index contributed by atoms with van der Waals surface area (Å²) >= 11 is 0. The number of carbonyl (C=O) groups is 1. The first-order valence-corrected chi connectivity index (χ1v) is 9.34. The molecule has 0 spiro atoms. The smallest absolute Gasteiger partial charge is 0.251 e. The molecule has 0 saturated heterocycles. The first kappa shape index (κ1) is 18.2. The normalized spacial score (nSPS) is 15.2. The van der Waals surface area contributed by atoms with E-state index in [1.165, 1.54) is 19.3 Å². The van der Waals surface area contributed by atoms with Crippen LogP contribution in [0, 0.1) is 0 Å². The molecule has 0 aromatic heterocycles. The monoisotopic (exact) mass is 349 g/mol. The Hall–Kier alpha value is -2.62. The molecule has 1 aliphatic rings. The average Bonchev–Trinajstić information content (AvgIpc) is 2.68. The van der Waals surface area contributed by atoms with Gasteiger partial charge in [-0.25, -0.2) is 0 Å². The van der Waals surface area contributed by atoms with E-state index in [1.807, 2.05) is 56.7 Å². The van der Waals surface area contributed by atoms with Crippen LogP contribution in [0.3, 0.4) is 0 Å². The van der Waals surface area contributed by atoms with Crippen molar-refractivity contribution in [2.24, 2.45) is 4.99 Å². The van der Waals surface area contributed by atoms with Gasteiger partial charge in [0, 0.05) is 37.6 Å². The SMILES string of the molecule is CN(C)c1ccc(C=Nc2ccc(C(=O)NC3CCCCC3)cc2)cc1. The Morgan fingerprint density at radius 3 is 2.27 bits per heavy atom. The van der Waals surface area contributed by atoms with E-state index in [1.54, 1.807) is 0 Å². The van der Waals surface area contributed by atoms with E-state index in [0.29, 0.717) is 11.6 Å². The van der Waals surface area contributed by atoms with Crippen molar-refractivity contribution < 1.29 is 4.79 Å². The maximum atomic E-state index is 12.3. The molecule has 0 atom stereocenters. The highest BCUT2D eigenvalue weighted by molar-refractivity contribution is 5.94. The fourth-order valence-corrected chi connectivity index (χ4v) is 3.22. The minimum Gasteiger partial charge on any atom is -0.378 e. The van der Waals surface area contributed by atoms with E-state index < -0.39 is 0 Å². The lowest BCUT2D eigenvalue weighted by Gasteiger charge is -2.22. The summed E-state index contributed by atoms with van der Waals surface area (Å²) < 4.78 is 0. The van der Waals surface area contributed by atoms with E-state index in [9.17, 15) is 4.79 Å². The quantitative estimate of drug-likeness (QED) is 0.804. The largest absolute Gasteiger partial charge is 0.378 e. The lowest BCUT2D eigenvalue weighted by atomic mass is 9.95. The summed E-state index contributed by atoms with van der Waals surface area (Å²) in [4.78, 5) is 18.9. The van der Waals surface area contributed by atoms with Crippen LogP contribution in [0.1, 0.15) is 48.0 Å². The first-order chi connectivity index (χ1) is 12.6. The summed E-state index contributed by atoms with van der Waals surface area (Å²) in [5.41, 5.74) is 3.76. The standard InChI is InChI=1S/C22H27N3O/c1-25(2)21-14-8-17(9-15-21)16-23-19-12-10-18(11-13-19)22(26)24-20-6-4-3-5-7-20/h8-16,20H,3-7H2,1-2H3,(H,24,26). The number of hydrogen-bond donors (Lipinski definition) is 1. The van der Waals surface area contributed by atoms with Gasteiger partial charge in [0.05, 0.1) is 5.69 Å². The number of nitrogens with one attached hydrogen (secondary N) is 1. The number of aliphatic imine (C=N–C) groups is 1. The van der Waals surface area contributed by atoms with Crippen LogP contribution in [-0.4, -0.2) is 32.3 Å². The second kappa shape index (κ2) is 8.65. The first-order valence-electron chi connectivity index (χ1n) is 9.34. The van der Waals surface area contributed by atoms with Gasteiger partial charge in [0.25, 0.3) is 5.91 Å². The second-order valence-corrected chi connectivity index (χ2v) is 7.10. The van der Waals surface area contributed by atoms with Gasteiger partial charge >= 0.3 is 0 Å². The Kier molecular flexibility index (Phi) is 6.05. The molecule has 3 rings (SSSR count). The van der Waals surface area contributed by atoms with Crippen molar-refractivity contribution in [2.45, 2.75) is 38.1 Å². The molecule has 0 radical (unpaired) electrons. The highest BCUT2D eigenvalue weighted by Gasteiger charge is 2.16. The van der Waals surface area contributed by atoms with E-state index in [4.69, 9.17) is 0 Å². The molecular weight excluding hydrogens is 322 g/mol. The Balaban J connectivity index is 1.59. The molecule has 136 valence electrons. The maximum Gasteiger partial charge on any atom is 0.251 e. The molecule has 2 aromatic carbocycles. The fraction of sp³-hybridized carbons (Fsp3) is 0.364. The van der Waals surface area contributed by atoms with Gasteiger partial charge in [0.1, 0.15) is 0 Å². The van der Waals surface area contributed by atoms with E-state index >= 15 is 0 Å². The minimum absolute atomic E-state index is 0.0201. The predicted octanol–water partition coefficient (Wildman–Crippen LogP) is 4.57. The highest BCUT2D eigenvalue weighted by Crippen LogP contribution is 2.19. The number of benzene rings is 2. The number of nitrogens with zero attached hydrogens (tertiary/aromatic N) is 2. The third-order valence-corrected chi connectivity index (χ3v) is 4.84. The van der Waals surface area contributed by atoms with E-state index in [-0.39, 0.29) is 5.91 Å². The zero-order valence-electron chi connectivity index (χ0n) is 15.6. The van der Waals surface area contributed by atoms with Gasteiger partial charge in [-0.05, 0) is 54.8 Å². The Morgan fingerprint density at radius 1 is 1.00 bits per heavy atom. The summed E-state index contributed by atoms with van der Waals surface area (Å²) in [5.74, 6) is 0.0201. The highest BCUT2D eigenvalue weighted by atomic mass is 16.1. The molecule has 2 aromatic rings. The maximum absolute atomic E-state index is 12.3. The molecule has 1 aliphatic carbocycles. The van der Waals surface area contributed by atoms with Crippen molar-refractivity contribution in [3.05, 3.63) is 59.7 Å². The summed E-state index contributed by atoms with van der Waals surface area (Å²) in [6.45, 7) is 0. The zero-order valence-corrected chi connectivity index (χ0v) is 15.6. The average molecular weight is 349 g/mol. The molecule has 1 N–H and O–H groups in total. The summed E-state index contributed by atoms with van der Waals surface area (Å²) in [7, 11) is 4.05. The van der Waals surface area contributed by atoms with Crippen LogP contribution in [0.5, 0.6) is 0 Å². The summed E-state index contributed by atoms with van der Waals surface area (Å²) in [6.07, 6.45) is 7.76. The third-order valence-electron chi connectivity index (χ3n) is 4.84. The van der Waals surface area contributed by atoms with Gasteiger partial charge in [-0.2, -0.15) is 0 Å². The number of hydrogen-bond acceptors (Lipinski definition) is 3. The van der Waals surface area contributed by atoms with Crippen molar-refractivity contribution in [2.75, 3.05) is 19.0 Å². The van der Waals surface area contributed by atoms with Crippen molar-refractivity contribution in [3.63, 3.8) is 0 Å². The Labute approximate surface area is 155 Å². The number of rotatable bonds is 5. The van der Waals surface area contributed by atoms with Gasteiger partial charge in [0.2, 0.25) is 0 Å². The van der Waals surface area contributed by atoms with E-state index in [0.717, 1.165) is 29.8 Å². The third kappa shape index (κ3) is 4.94. The topological polar surface area (TPSA) is 44.7 Å². The molecule has 0 heterocycles. The molecule has 0 unspecified atom stereocenters. The predicted molar refractivity (Wildman–Crippen MR) is 109 cm³/mol. The van der Waals surface area contributed by atoms with Crippen LogP contribution < -0.4 is 10.2 Å². The second-order valence-electron chi connectivity index (χ2n) is 7.10. The minimum atomic E-state index is 0.0201. The van der Waals surface area contributed by atoms with Crippen LogP contribution in [0.15, 0.2) is 53.5 Å². The van der Waals surface area contributed by atoms with Crippen molar-refractivity contribution >= 4 is 23.5 Å². The number of carbonyl (C=O) groups excluding carboxylic acids is 1. The van der Waals surface area contributed by atoms with Crippen molar-refractivity contribution in [3.8, 4) is 0 Å². The lowest BCUT2D eigenvalue weighted by molar-refractivity contribution is 0.0928. The summed E-state index contributed by atoms with van der Waals surface area (Å²) in [5, 5.41) is 3.15. The summed E-state index contributed by atoms with van der Waals surface area (Å²) in [6, 6.07) is 16.0. The molecule has 0 bridgehead atoms. The fourth-order valence-electron chi connectivity index (χ4n) is 3.22. The van der Waals surface area contributed by atoms with Gasteiger partial charge in [-0.15, -0.1) is 0 Å². The molecule has 26 heavy (non-hydrogen) atoms. The van der Waals surface area contributed by atoms with Gasteiger partial charge in [0.15, 0.2) is 0 Å². The molecule has 0 aliphatic heterocycles. The van der Waals surface area contributed by atoms with Crippen molar-refractivity contribution in [1.29, 1.82) is 0 Å². The number of amides is 1. The molecule has 1 saturated carbocycles. The van der Waals surface area contributed by atoms with Crippen LogP contribution in [0.2, 0.25) is 0 Å². The molecule has 1 fully saturated rings. The van der Waals surface area contributed by atoms with E-state index in [2.05, 4.69) is 27.3 Å². The van der Waals surface area contributed by atoms with Crippen LogP contribution in [0.25, 0.3) is 0 Å². The molecule has 4 heteroatoms. The van der Waals surface area contributed by atoms with Gasteiger partial charge in [-0.3, -0.25) is 9.79 Å². The lowest BCUT2D eigenvalue weighted by Crippen LogP contribution is -2.36. The van der Waals surface area contributed by atoms with Crippen LogP contribution in [0.4, 0.5) is 11.4 Å². The van der Waals surface area contributed by atoms with Crippen LogP contribution >= 0.6 is 0 Å². The Bertz CT molecular complexity index is 742. The van der Waals surface area contributed by atoms with Gasteiger partial charge in [-0.1, -0.05) is 31.4 Å². The van der Waals surface area contributed by atoms with Crippen LogP contribution in [-0.2, 0) is 0 Å². The number of anilines is 1. The zero-order chi connectivity index (χ0) is 18.4. The molecule has 1 amide bonds. The molecular formula is C22H27N3O. The van der Waals surface area contributed by atoms with Gasteiger partial charge < -0.3 is 10.2 Å². The van der Waals surface area contributed by atoms with Crippen molar-refractivity contribution in [1.82, 2.24) is 5.32 Å². The Morgan fingerprint density at radius 2 is 1.65 bits per heavy atom. The molecule has 4 nitrogen and oxygen atoms in total.